The molecule has 5 heteroatoms. The predicted molar refractivity (Wildman–Crippen MR) is 87.9 cm³/mol. The molecule has 0 aliphatic heterocycles. The summed E-state index contributed by atoms with van der Waals surface area (Å²) < 4.78 is 4.69. The van der Waals surface area contributed by atoms with Gasteiger partial charge in [0.1, 0.15) is 11.8 Å². The molecule has 2 rings (SSSR count). The summed E-state index contributed by atoms with van der Waals surface area (Å²) in [5.41, 5.74) is -0.0762. The molecule has 1 aromatic carbocycles. The first-order chi connectivity index (χ1) is 11.3. The van der Waals surface area contributed by atoms with Crippen LogP contribution in [0.5, 0.6) is 0 Å². The topological polar surface area (TPSA) is 77.5 Å². The summed E-state index contributed by atoms with van der Waals surface area (Å²) in [7, 11) is 1.19. The largest absolute Gasteiger partial charge is 0.468 e. The maximum atomic E-state index is 12.6. The number of hydrogen-bond acceptors (Lipinski definition) is 5. The molecule has 1 aliphatic carbocycles. The van der Waals surface area contributed by atoms with E-state index in [1.165, 1.54) is 13.2 Å². The molecule has 0 spiro atoms. The van der Waals surface area contributed by atoms with E-state index in [9.17, 15) is 19.2 Å². The van der Waals surface area contributed by atoms with E-state index in [-0.39, 0.29) is 6.42 Å². The second kappa shape index (κ2) is 6.91. The fourth-order valence-corrected chi connectivity index (χ4v) is 3.05. The third-order valence-electron chi connectivity index (χ3n) is 4.26. The highest BCUT2D eigenvalue weighted by Gasteiger charge is 2.53. The van der Waals surface area contributed by atoms with Gasteiger partial charge in [-0.3, -0.25) is 19.2 Å². The maximum Gasteiger partial charge on any atom is 0.316 e. The molecule has 1 aromatic rings. The number of Topliss-reactive ketones (excluding diaryl/α,β-unsaturated/α-hetero) is 2. The van der Waals surface area contributed by atoms with Crippen molar-refractivity contribution in [1.29, 1.82) is 0 Å². The van der Waals surface area contributed by atoms with E-state index in [4.69, 9.17) is 0 Å². The van der Waals surface area contributed by atoms with Crippen molar-refractivity contribution in [3.8, 4) is 0 Å². The first kappa shape index (κ1) is 17.8. The number of ether oxygens (including phenoxy) is 1. The number of carbonyl (C=O) groups is 4. The number of carbonyl (C=O) groups excluding carboxylic acids is 4. The summed E-state index contributed by atoms with van der Waals surface area (Å²) in [6, 6.07) is 9.08. The standard InChI is InChI=1S/C19H20O5/c1-19(2)11-14(21)15(17(22)16(19)18(23)24-3)13(20)10-9-12-7-5-4-6-8-12/h4-10,15-16H,11H2,1-3H3/b10-9+/t15-,16+/m0/s1. The van der Waals surface area contributed by atoms with Crippen LogP contribution in [-0.2, 0) is 23.9 Å². The van der Waals surface area contributed by atoms with Crippen molar-refractivity contribution in [1.82, 2.24) is 0 Å². The fraction of sp³-hybridized carbons (Fsp3) is 0.368. The molecule has 1 aliphatic rings. The number of hydrogen-bond donors (Lipinski definition) is 0. The van der Waals surface area contributed by atoms with E-state index in [0.717, 1.165) is 5.56 Å². The Kier molecular flexibility index (Phi) is 5.12. The van der Waals surface area contributed by atoms with Gasteiger partial charge < -0.3 is 4.74 Å². The van der Waals surface area contributed by atoms with Gasteiger partial charge in [0.15, 0.2) is 17.3 Å². The molecule has 2 atom stereocenters. The molecule has 1 fully saturated rings. The van der Waals surface area contributed by atoms with Gasteiger partial charge in [-0.15, -0.1) is 0 Å². The highest BCUT2D eigenvalue weighted by atomic mass is 16.5. The van der Waals surface area contributed by atoms with Crippen LogP contribution in [0.15, 0.2) is 36.4 Å². The number of ketones is 3. The lowest BCUT2D eigenvalue weighted by Gasteiger charge is -2.37. The van der Waals surface area contributed by atoms with E-state index in [0.29, 0.717) is 0 Å². The first-order valence-electron chi connectivity index (χ1n) is 7.69. The van der Waals surface area contributed by atoms with Crippen molar-refractivity contribution in [2.24, 2.45) is 17.3 Å². The normalized spacial score (nSPS) is 23.3. The summed E-state index contributed by atoms with van der Waals surface area (Å²) in [5.74, 6) is -4.97. The number of benzene rings is 1. The smallest absolute Gasteiger partial charge is 0.316 e. The Labute approximate surface area is 140 Å². The minimum Gasteiger partial charge on any atom is -0.468 e. The van der Waals surface area contributed by atoms with E-state index >= 15 is 0 Å². The fourth-order valence-electron chi connectivity index (χ4n) is 3.05. The van der Waals surface area contributed by atoms with Crippen LogP contribution < -0.4 is 0 Å². The van der Waals surface area contributed by atoms with Gasteiger partial charge in [0.25, 0.3) is 0 Å². The summed E-state index contributed by atoms with van der Waals surface area (Å²) >= 11 is 0. The van der Waals surface area contributed by atoms with E-state index < -0.39 is 40.6 Å². The van der Waals surface area contributed by atoms with Gasteiger partial charge in [-0.2, -0.15) is 0 Å². The molecular weight excluding hydrogens is 308 g/mol. The molecule has 0 amide bonds. The number of esters is 1. The van der Waals surface area contributed by atoms with Crippen LogP contribution in [0, 0.1) is 17.3 Å². The van der Waals surface area contributed by atoms with Gasteiger partial charge in [0.2, 0.25) is 0 Å². The SMILES string of the molecule is COC(=O)[C@H]1C(=O)[C@@H](C(=O)/C=C/c2ccccc2)C(=O)CC1(C)C. The molecule has 1 saturated carbocycles. The molecule has 24 heavy (non-hydrogen) atoms. The Bertz CT molecular complexity index is 700. The molecule has 0 bridgehead atoms. The Morgan fingerprint density at radius 2 is 1.79 bits per heavy atom. The Morgan fingerprint density at radius 1 is 1.17 bits per heavy atom. The van der Waals surface area contributed by atoms with Gasteiger partial charge in [-0.25, -0.2) is 0 Å². The number of methoxy groups -OCH3 is 1. The van der Waals surface area contributed by atoms with Crippen LogP contribution in [-0.4, -0.2) is 30.4 Å². The molecule has 0 radical (unpaired) electrons. The van der Waals surface area contributed by atoms with E-state index in [2.05, 4.69) is 4.74 Å². The molecule has 0 heterocycles. The minimum absolute atomic E-state index is 0.0198. The molecule has 0 saturated heterocycles. The zero-order valence-electron chi connectivity index (χ0n) is 13.9. The molecule has 0 N–H and O–H groups in total. The van der Waals surface area contributed by atoms with Gasteiger partial charge >= 0.3 is 5.97 Å². The summed E-state index contributed by atoms with van der Waals surface area (Å²) in [6.45, 7) is 3.32. The summed E-state index contributed by atoms with van der Waals surface area (Å²) in [5, 5.41) is 0. The summed E-state index contributed by atoms with van der Waals surface area (Å²) in [6.07, 6.45) is 2.76. The van der Waals surface area contributed by atoms with Crippen LogP contribution in [0.3, 0.4) is 0 Å². The monoisotopic (exact) mass is 328 g/mol. The van der Waals surface area contributed by atoms with Crippen molar-refractivity contribution in [2.75, 3.05) is 7.11 Å². The van der Waals surface area contributed by atoms with Crippen molar-refractivity contribution < 1.29 is 23.9 Å². The zero-order valence-corrected chi connectivity index (χ0v) is 13.9. The quantitative estimate of drug-likeness (QED) is 0.481. The van der Waals surface area contributed by atoms with E-state index in [1.807, 2.05) is 18.2 Å². The van der Waals surface area contributed by atoms with Crippen LogP contribution in [0.4, 0.5) is 0 Å². The third kappa shape index (κ3) is 3.50. The molecule has 0 aromatic heterocycles. The van der Waals surface area contributed by atoms with Crippen LogP contribution >= 0.6 is 0 Å². The van der Waals surface area contributed by atoms with Crippen LogP contribution in [0.2, 0.25) is 0 Å². The number of rotatable bonds is 4. The van der Waals surface area contributed by atoms with Crippen molar-refractivity contribution in [3.63, 3.8) is 0 Å². The van der Waals surface area contributed by atoms with Crippen molar-refractivity contribution >= 4 is 29.4 Å². The van der Waals surface area contributed by atoms with Crippen LogP contribution in [0.1, 0.15) is 25.8 Å². The number of allylic oxidation sites excluding steroid dienone is 1. The minimum atomic E-state index is -1.43. The Balaban J connectivity index is 2.27. The second-order valence-corrected chi connectivity index (χ2v) is 6.57. The molecular formula is C19H20O5. The highest BCUT2D eigenvalue weighted by molar-refractivity contribution is 6.27. The Hall–Kier alpha value is -2.56. The highest BCUT2D eigenvalue weighted by Crippen LogP contribution is 2.40. The predicted octanol–water partition coefficient (Wildman–Crippen LogP) is 2.24. The van der Waals surface area contributed by atoms with Gasteiger partial charge in [0, 0.05) is 6.42 Å². The lowest BCUT2D eigenvalue weighted by atomic mass is 9.63. The van der Waals surface area contributed by atoms with Crippen LogP contribution in [0.25, 0.3) is 6.08 Å². The summed E-state index contributed by atoms with van der Waals surface area (Å²) in [4.78, 5) is 49.3. The Morgan fingerprint density at radius 3 is 2.38 bits per heavy atom. The van der Waals surface area contributed by atoms with Crippen molar-refractivity contribution in [3.05, 3.63) is 42.0 Å². The molecule has 126 valence electrons. The van der Waals surface area contributed by atoms with Crippen molar-refractivity contribution in [2.45, 2.75) is 20.3 Å². The molecule has 0 unspecified atom stereocenters. The third-order valence-corrected chi connectivity index (χ3v) is 4.26. The molecule has 5 nitrogen and oxygen atoms in total. The first-order valence-corrected chi connectivity index (χ1v) is 7.69. The average molecular weight is 328 g/mol. The van der Waals surface area contributed by atoms with Gasteiger partial charge in [0.05, 0.1) is 7.11 Å². The van der Waals surface area contributed by atoms with E-state index in [1.54, 1.807) is 32.1 Å². The lowest BCUT2D eigenvalue weighted by molar-refractivity contribution is -0.161. The second-order valence-electron chi connectivity index (χ2n) is 6.57. The van der Waals surface area contributed by atoms with Gasteiger partial charge in [-0.1, -0.05) is 50.3 Å². The zero-order chi connectivity index (χ0) is 17.9. The maximum absolute atomic E-state index is 12.6. The average Bonchev–Trinajstić information content (AvgIpc) is 2.52. The van der Waals surface area contributed by atoms with Gasteiger partial charge in [-0.05, 0) is 17.1 Å². The lowest BCUT2D eigenvalue weighted by Crippen LogP contribution is -2.51.